The zero-order valence-corrected chi connectivity index (χ0v) is 46.0. The van der Waals surface area contributed by atoms with Gasteiger partial charge in [0, 0.05) is 12.0 Å². The number of hydrogen-bond donors (Lipinski definition) is 2. The fourth-order valence-corrected chi connectivity index (χ4v) is 10.2. The minimum atomic E-state index is -0.652. The van der Waals surface area contributed by atoms with Crippen molar-refractivity contribution in [2.24, 2.45) is 5.73 Å². The molecule has 0 bridgehead atoms. The molecule has 0 aliphatic carbocycles. The molecule has 0 aliphatic rings. The number of aliphatic carboxylic acids is 1. The Kier molecular flexibility index (Phi) is 60.9. The van der Waals surface area contributed by atoms with Gasteiger partial charge in [0.2, 0.25) is 0 Å². The number of unbranched alkanes of at least 4 members (excludes halogenated alkanes) is 48. The standard InChI is InChI=1S/C43H89N.C19H38O2/c1-4-7-10-13-16-19-22-25-28-31-34-37-40-43(44,41-38-35-32-29-26-23-20-17-14-11-8-5-2)42-39-36-33-30-27-24-21-18-15-12-9-6-3;1-2-3-4-5-6-7-8-9-10-11-12-13-14-15-16-17-18-19(20)21/h4-42,44H2,1-3H3;2-18H2,1H3,(H,20,21). The van der Waals surface area contributed by atoms with Crippen LogP contribution in [0.5, 0.6) is 0 Å². The van der Waals surface area contributed by atoms with Gasteiger partial charge >= 0.3 is 5.97 Å². The molecule has 0 heterocycles. The number of nitrogens with two attached hydrogens (primary N) is 1. The van der Waals surface area contributed by atoms with E-state index in [4.69, 9.17) is 10.8 Å². The number of carboxylic acid groups (broad SMARTS) is 1. The highest BCUT2D eigenvalue weighted by Gasteiger charge is 2.23. The number of rotatable bonds is 56. The molecule has 0 aliphatic heterocycles. The lowest BCUT2D eigenvalue weighted by Gasteiger charge is -2.30. The summed E-state index contributed by atoms with van der Waals surface area (Å²) in [5, 5.41) is 8.53. The molecule has 0 saturated heterocycles. The monoisotopic (exact) mass is 918 g/mol. The zero-order chi connectivity index (χ0) is 47.7. The molecule has 0 aromatic heterocycles. The zero-order valence-electron chi connectivity index (χ0n) is 46.0. The first-order valence-electron chi connectivity index (χ1n) is 31.0. The van der Waals surface area contributed by atoms with Crippen molar-refractivity contribution in [3.05, 3.63) is 0 Å². The molecule has 0 radical (unpaired) electrons. The van der Waals surface area contributed by atoms with Gasteiger partial charge in [-0.3, -0.25) is 4.79 Å². The summed E-state index contributed by atoms with van der Waals surface area (Å²) in [5.74, 6) is -0.652. The van der Waals surface area contributed by atoms with Crippen LogP contribution < -0.4 is 5.73 Å². The Bertz CT molecular complexity index is 773. The predicted molar refractivity (Wildman–Crippen MR) is 296 cm³/mol. The van der Waals surface area contributed by atoms with E-state index in [1.54, 1.807) is 0 Å². The van der Waals surface area contributed by atoms with Crippen LogP contribution in [-0.4, -0.2) is 16.6 Å². The Balaban J connectivity index is 0. The lowest BCUT2D eigenvalue weighted by atomic mass is 9.82. The minimum Gasteiger partial charge on any atom is -0.481 e. The SMILES string of the molecule is CCCCCCCCCCCCCCC(N)(CCCCCCCCCCCCCC)CCCCCCCCCCCCCC.CCCCCCCCCCCCCCCCCCC(=O)O. The van der Waals surface area contributed by atoms with Crippen LogP contribution in [0.4, 0.5) is 0 Å². The van der Waals surface area contributed by atoms with Gasteiger partial charge in [0.1, 0.15) is 0 Å². The van der Waals surface area contributed by atoms with Crippen LogP contribution in [0.15, 0.2) is 0 Å². The van der Waals surface area contributed by atoms with Gasteiger partial charge in [-0.05, 0) is 25.7 Å². The van der Waals surface area contributed by atoms with E-state index in [2.05, 4.69) is 27.7 Å². The van der Waals surface area contributed by atoms with Gasteiger partial charge in [0.05, 0.1) is 0 Å². The molecule has 0 aromatic carbocycles. The van der Waals surface area contributed by atoms with Crippen LogP contribution in [0.3, 0.4) is 0 Å². The van der Waals surface area contributed by atoms with Crippen LogP contribution in [0.25, 0.3) is 0 Å². The van der Waals surface area contributed by atoms with Crippen LogP contribution in [0, 0.1) is 0 Å². The molecule has 3 heteroatoms. The highest BCUT2D eigenvalue weighted by molar-refractivity contribution is 5.66. The Morgan fingerprint density at radius 1 is 0.262 bits per heavy atom. The average Bonchev–Trinajstić information content (AvgIpc) is 3.30. The highest BCUT2D eigenvalue weighted by Crippen LogP contribution is 2.28. The quantitative estimate of drug-likeness (QED) is 0.0598. The lowest BCUT2D eigenvalue weighted by Crippen LogP contribution is -2.39. The van der Waals surface area contributed by atoms with Gasteiger partial charge < -0.3 is 10.8 Å². The summed E-state index contributed by atoms with van der Waals surface area (Å²) in [7, 11) is 0. The van der Waals surface area contributed by atoms with Crippen molar-refractivity contribution < 1.29 is 9.90 Å². The highest BCUT2D eigenvalue weighted by atomic mass is 16.4. The van der Waals surface area contributed by atoms with E-state index < -0.39 is 5.97 Å². The van der Waals surface area contributed by atoms with Gasteiger partial charge in [-0.2, -0.15) is 0 Å². The van der Waals surface area contributed by atoms with Crippen LogP contribution in [0.2, 0.25) is 0 Å². The van der Waals surface area contributed by atoms with Crippen molar-refractivity contribution in [3.8, 4) is 0 Å². The van der Waals surface area contributed by atoms with E-state index in [9.17, 15) is 4.79 Å². The molecular weight excluding hydrogens is 791 g/mol. The van der Waals surface area contributed by atoms with Gasteiger partial charge in [0.25, 0.3) is 0 Å². The Morgan fingerprint density at radius 3 is 0.554 bits per heavy atom. The van der Waals surface area contributed by atoms with Crippen molar-refractivity contribution >= 4 is 5.97 Å². The van der Waals surface area contributed by atoms with Gasteiger partial charge in [-0.1, -0.05) is 355 Å². The summed E-state index contributed by atoms with van der Waals surface area (Å²) < 4.78 is 0. The number of hydrogen-bond acceptors (Lipinski definition) is 2. The van der Waals surface area contributed by atoms with E-state index in [-0.39, 0.29) is 5.54 Å². The summed E-state index contributed by atoms with van der Waals surface area (Å²) >= 11 is 0. The van der Waals surface area contributed by atoms with Crippen molar-refractivity contribution in [1.82, 2.24) is 0 Å². The van der Waals surface area contributed by atoms with Crippen LogP contribution in [-0.2, 0) is 4.79 Å². The second kappa shape index (κ2) is 59.6. The topological polar surface area (TPSA) is 63.3 Å². The first-order valence-corrected chi connectivity index (χ1v) is 31.0. The van der Waals surface area contributed by atoms with Crippen LogP contribution in [0.1, 0.15) is 387 Å². The molecule has 0 fully saturated rings. The molecule has 0 amide bonds. The molecule has 0 unspecified atom stereocenters. The molecule has 0 rings (SSSR count). The summed E-state index contributed by atoms with van der Waals surface area (Å²) in [6, 6.07) is 0. The smallest absolute Gasteiger partial charge is 0.303 e. The average molecular weight is 919 g/mol. The van der Waals surface area contributed by atoms with Crippen molar-refractivity contribution in [2.45, 2.75) is 393 Å². The minimum absolute atomic E-state index is 0.121. The second-order valence-corrected chi connectivity index (χ2v) is 21.7. The molecule has 0 atom stereocenters. The summed E-state index contributed by atoms with van der Waals surface area (Å²) in [5.41, 5.74) is 7.31. The lowest BCUT2D eigenvalue weighted by molar-refractivity contribution is -0.137. The Morgan fingerprint density at radius 2 is 0.400 bits per heavy atom. The molecule has 0 spiro atoms. The number of carbonyl (C=O) groups is 1. The first-order chi connectivity index (χ1) is 32.0. The Hall–Kier alpha value is -0.570. The number of carboxylic acids is 1. The van der Waals surface area contributed by atoms with Gasteiger partial charge in [0.15, 0.2) is 0 Å². The first kappa shape index (κ1) is 66.5. The Labute approximate surface area is 412 Å². The molecule has 65 heavy (non-hydrogen) atoms. The molecule has 3 nitrogen and oxygen atoms in total. The second-order valence-electron chi connectivity index (χ2n) is 21.7. The largest absolute Gasteiger partial charge is 0.481 e. The third-order valence-corrected chi connectivity index (χ3v) is 14.8. The van der Waals surface area contributed by atoms with Gasteiger partial charge in [-0.25, -0.2) is 0 Å². The molecular formula is C62H127NO2. The normalized spacial score (nSPS) is 11.6. The maximum Gasteiger partial charge on any atom is 0.303 e. The molecule has 0 saturated carbocycles. The van der Waals surface area contributed by atoms with E-state index in [1.807, 2.05) is 0 Å². The fraction of sp³-hybridized carbons (Fsp3) is 0.984. The summed E-state index contributed by atoms with van der Waals surface area (Å²) in [4.78, 5) is 10.3. The van der Waals surface area contributed by atoms with E-state index >= 15 is 0 Å². The van der Waals surface area contributed by atoms with Crippen molar-refractivity contribution in [3.63, 3.8) is 0 Å². The molecule has 392 valence electrons. The van der Waals surface area contributed by atoms with Crippen LogP contribution >= 0.6 is 0 Å². The van der Waals surface area contributed by atoms with Gasteiger partial charge in [-0.15, -0.1) is 0 Å². The predicted octanol–water partition coefficient (Wildman–Crippen LogP) is 22.7. The molecule has 0 aromatic rings. The van der Waals surface area contributed by atoms with Crippen molar-refractivity contribution in [1.29, 1.82) is 0 Å². The van der Waals surface area contributed by atoms with E-state index in [0.29, 0.717) is 6.42 Å². The molecule has 3 N–H and O–H groups in total. The fourth-order valence-electron chi connectivity index (χ4n) is 10.2. The third-order valence-electron chi connectivity index (χ3n) is 14.8. The summed E-state index contributed by atoms with van der Waals surface area (Å²) in [6.07, 6.45) is 77.2. The maximum atomic E-state index is 10.3. The van der Waals surface area contributed by atoms with Crippen molar-refractivity contribution in [2.75, 3.05) is 0 Å². The maximum absolute atomic E-state index is 10.3. The van der Waals surface area contributed by atoms with E-state index in [0.717, 1.165) is 12.8 Å². The van der Waals surface area contributed by atoms with E-state index in [1.165, 1.54) is 340 Å². The third kappa shape index (κ3) is 61.4. The summed E-state index contributed by atoms with van der Waals surface area (Å²) in [6.45, 7) is 9.21.